The zero-order valence-corrected chi connectivity index (χ0v) is 11.1. The van der Waals surface area contributed by atoms with Crippen LogP contribution in [0.2, 0.25) is 0 Å². The van der Waals surface area contributed by atoms with Gasteiger partial charge in [0.2, 0.25) is 0 Å². The fourth-order valence-corrected chi connectivity index (χ4v) is 2.27. The molecule has 0 bridgehead atoms. The Bertz CT molecular complexity index is 296. The molecule has 1 unspecified atom stereocenters. The van der Waals surface area contributed by atoms with Crippen molar-refractivity contribution >= 4 is 12.0 Å². The molecule has 0 aromatic heterocycles. The number of ether oxygens (including phenoxy) is 1. The Labute approximate surface area is 107 Å². The van der Waals surface area contributed by atoms with E-state index in [1.807, 2.05) is 6.92 Å². The Balaban J connectivity index is 2.59. The summed E-state index contributed by atoms with van der Waals surface area (Å²) >= 11 is 0. The molecular weight excluding hydrogens is 236 g/mol. The van der Waals surface area contributed by atoms with Crippen molar-refractivity contribution in [1.82, 2.24) is 9.80 Å². The van der Waals surface area contributed by atoms with Crippen LogP contribution in [0.25, 0.3) is 0 Å². The van der Waals surface area contributed by atoms with Crippen LogP contribution >= 0.6 is 0 Å². The smallest absolute Gasteiger partial charge is 0.320 e. The highest BCUT2D eigenvalue weighted by Crippen LogP contribution is 2.21. The SMILES string of the molecule is CCN(CCOC)C(=O)N1CCCC1CC(=O)O. The number of carbonyl (C=O) groups is 2. The van der Waals surface area contributed by atoms with E-state index in [9.17, 15) is 9.59 Å². The lowest BCUT2D eigenvalue weighted by Gasteiger charge is -2.30. The van der Waals surface area contributed by atoms with Crippen molar-refractivity contribution in [3.63, 3.8) is 0 Å². The summed E-state index contributed by atoms with van der Waals surface area (Å²) in [6, 6.07) is -0.232. The number of hydrogen-bond acceptors (Lipinski definition) is 3. The van der Waals surface area contributed by atoms with Gasteiger partial charge in [-0.15, -0.1) is 0 Å². The number of carboxylic acids is 1. The van der Waals surface area contributed by atoms with Gasteiger partial charge in [-0.05, 0) is 19.8 Å². The lowest BCUT2D eigenvalue weighted by atomic mass is 10.1. The third-order valence-corrected chi connectivity index (χ3v) is 3.25. The molecule has 1 atom stereocenters. The molecule has 6 nitrogen and oxygen atoms in total. The molecular formula is C12H22N2O4. The number of amides is 2. The number of carboxylic acid groups (broad SMARTS) is 1. The number of likely N-dealkylation sites (N-methyl/N-ethyl adjacent to an activating group) is 1. The third kappa shape index (κ3) is 3.87. The first kappa shape index (κ1) is 14.8. The molecule has 1 saturated heterocycles. The maximum absolute atomic E-state index is 12.3. The van der Waals surface area contributed by atoms with Crippen molar-refractivity contribution in [2.75, 3.05) is 33.4 Å². The van der Waals surface area contributed by atoms with E-state index in [0.717, 1.165) is 12.8 Å². The van der Waals surface area contributed by atoms with Crippen LogP contribution in [-0.4, -0.2) is 66.3 Å². The summed E-state index contributed by atoms with van der Waals surface area (Å²) < 4.78 is 4.97. The fourth-order valence-electron chi connectivity index (χ4n) is 2.27. The number of nitrogens with zero attached hydrogens (tertiary/aromatic N) is 2. The Morgan fingerprint density at radius 1 is 1.50 bits per heavy atom. The number of carbonyl (C=O) groups excluding carboxylic acids is 1. The minimum atomic E-state index is -0.848. The number of rotatable bonds is 6. The van der Waals surface area contributed by atoms with Crippen LogP contribution in [0.5, 0.6) is 0 Å². The van der Waals surface area contributed by atoms with Crippen LogP contribution in [-0.2, 0) is 9.53 Å². The molecule has 0 spiro atoms. The van der Waals surface area contributed by atoms with Gasteiger partial charge in [-0.1, -0.05) is 0 Å². The van der Waals surface area contributed by atoms with E-state index in [-0.39, 0.29) is 18.5 Å². The summed E-state index contributed by atoms with van der Waals surface area (Å²) in [5.41, 5.74) is 0. The number of likely N-dealkylation sites (tertiary alicyclic amines) is 1. The van der Waals surface area contributed by atoms with Gasteiger partial charge in [0.25, 0.3) is 0 Å². The van der Waals surface area contributed by atoms with Gasteiger partial charge >= 0.3 is 12.0 Å². The predicted octanol–water partition coefficient (Wildman–Crippen LogP) is 1.01. The van der Waals surface area contributed by atoms with Crippen LogP contribution in [0.4, 0.5) is 4.79 Å². The first-order valence-electron chi connectivity index (χ1n) is 6.36. The average molecular weight is 258 g/mol. The lowest BCUT2D eigenvalue weighted by molar-refractivity contribution is -0.138. The lowest BCUT2D eigenvalue weighted by Crippen LogP contribution is -2.47. The van der Waals surface area contributed by atoms with E-state index < -0.39 is 5.97 Å². The van der Waals surface area contributed by atoms with Crippen LogP contribution in [0.3, 0.4) is 0 Å². The zero-order chi connectivity index (χ0) is 13.5. The molecule has 18 heavy (non-hydrogen) atoms. The molecule has 1 N–H and O–H groups in total. The highest BCUT2D eigenvalue weighted by Gasteiger charge is 2.32. The molecule has 1 heterocycles. The van der Waals surface area contributed by atoms with Crippen molar-refractivity contribution in [3.05, 3.63) is 0 Å². The van der Waals surface area contributed by atoms with Gasteiger partial charge in [0.1, 0.15) is 0 Å². The summed E-state index contributed by atoms with van der Waals surface area (Å²) in [7, 11) is 1.60. The highest BCUT2D eigenvalue weighted by molar-refractivity contribution is 5.76. The minimum absolute atomic E-state index is 0.0353. The number of urea groups is 1. The van der Waals surface area contributed by atoms with Crippen molar-refractivity contribution < 1.29 is 19.4 Å². The second kappa shape index (κ2) is 7.20. The Kier molecular flexibility index (Phi) is 5.91. The van der Waals surface area contributed by atoms with Gasteiger partial charge in [0.15, 0.2) is 0 Å². The van der Waals surface area contributed by atoms with Crippen molar-refractivity contribution in [1.29, 1.82) is 0 Å². The van der Waals surface area contributed by atoms with E-state index in [2.05, 4.69) is 0 Å². The largest absolute Gasteiger partial charge is 0.481 e. The normalized spacial score (nSPS) is 19.0. The Morgan fingerprint density at radius 2 is 2.22 bits per heavy atom. The summed E-state index contributed by atoms with van der Waals surface area (Å²) in [5.74, 6) is -0.848. The number of hydrogen-bond donors (Lipinski definition) is 1. The molecule has 6 heteroatoms. The standard InChI is InChI=1S/C12H22N2O4/c1-3-13(7-8-18-2)12(17)14-6-4-5-10(14)9-11(15)16/h10H,3-9H2,1-2H3,(H,15,16). The molecule has 0 aromatic carbocycles. The van der Waals surface area contributed by atoms with Gasteiger partial charge in [-0.25, -0.2) is 4.79 Å². The summed E-state index contributed by atoms with van der Waals surface area (Å²) in [6.45, 7) is 4.22. The van der Waals surface area contributed by atoms with Crippen LogP contribution in [0, 0.1) is 0 Å². The quantitative estimate of drug-likeness (QED) is 0.772. The van der Waals surface area contributed by atoms with Gasteiger partial charge in [-0.3, -0.25) is 4.79 Å². The second-order valence-corrected chi connectivity index (χ2v) is 4.44. The molecule has 1 aliphatic rings. The molecule has 0 saturated carbocycles. The molecule has 0 aromatic rings. The molecule has 0 aliphatic carbocycles. The second-order valence-electron chi connectivity index (χ2n) is 4.44. The van der Waals surface area contributed by atoms with E-state index in [4.69, 9.17) is 9.84 Å². The molecule has 2 amide bonds. The van der Waals surface area contributed by atoms with Gasteiger partial charge < -0.3 is 19.6 Å². The first-order chi connectivity index (χ1) is 8.60. The molecule has 1 aliphatic heterocycles. The van der Waals surface area contributed by atoms with Crippen LogP contribution < -0.4 is 0 Å². The fraction of sp³-hybridized carbons (Fsp3) is 0.833. The van der Waals surface area contributed by atoms with Crippen molar-refractivity contribution in [2.24, 2.45) is 0 Å². The third-order valence-electron chi connectivity index (χ3n) is 3.25. The van der Waals surface area contributed by atoms with Gasteiger partial charge in [0, 0.05) is 32.8 Å². The molecule has 1 fully saturated rings. The van der Waals surface area contributed by atoms with Gasteiger partial charge in [-0.2, -0.15) is 0 Å². The topological polar surface area (TPSA) is 70.1 Å². The van der Waals surface area contributed by atoms with E-state index in [1.165, 1.54) is 0 Å². The Hall–Kier alpha value is -1.30. The Morgan fingerprint density at radius 3 is 2.78 bits per heavy atom. The summed E-state index contributed by atoms with van der Waals surface area (Å²) in [4.78, 5) is 26.4. The molecule has 104 valence electrons. The maximum atomic E-state index is 12.3. The summed E-state index contributed by atoms with van der Waals surface area (Å²) in [5, 5.41) is 8.84. The summed E-state index contributed by atoms with van der Waals surface area (Å²) in [6.07, 6.45) is 1.69. The number of methoxy groups -OCH3 is 1. The van der Waals surface area contributed by atoms with E-state index >= 15 is 0 Å². The van der Waals surface area contributed by atoms with E-state index in [1.54, 1.807) is 16.9 Å². The van der Waals surface area contributed by atoms with E-state index in [0.29, 0.717) is 26.2 Å². The zero-order valence-electron chi connectivity index (χ0n) is 11.1. The van der Waals surface area contributed by atoms with Crippen molar-refractivity contribution in [3.8, 4) is 0 Å². The minimum Gasteiger partial charge on any atom is -0.481 e. The number of aliphatic carboxylic acids is 1. The molecule has 1 rings (SSSR count). The predicted molar refractivity (Wildman–Crippen MR) is 66.5 cm³/mol. The maximum Gasteiger partial charge on any atom is 0.320 e. The first-order valence-corrected chi connectivity index (χ1v) is 6.36. The monoisotopic (exact) mass is 258 g/mol. The van der Waals surface area contributed by atoms with Crippen LogP contribution in [0.1, 0.15) is 26.2 Å². The highest BCUT2D eigenvalue weighted by atomic mass is 16.5. The van der Waals surface area contributed by atoms with Crippen LogP contribution in [0.15, 0.2) is 0 Å². The average Bonchev–Trinajstić information content (AvgIpc) is 2.77. The molecule has 0 radical (unpaired) electrons. The van der Waals surface area contributed by atoms with Crippen molar-refractivity contribution in [2.45, 2.75) is 32.2 Å². The van der Waals surface area contributed by atoms with Gasteiger partial charge in [0.05, 0.1) is 13.0 Å².